The fraction of sp³-hybridized carbons (Fsp3) is 0.385. The van der Waals surface area contributed by atoms with Gasteiger partial charge in [0.1, 0.15) is 12.1 Å². The maximum absolute atomic E-state index is 11.3. The van der Waals surface area contributed by atoms with Gasteiger partial charge in [0.25, 0.3) is 0 Å². The summed E-state index contributed by atoms with van der Waals surface area (Å²) in [5, 5.41) is 4.39. The number of nitrogens with zero attached hydrogens (tertiary/aromatic N) is 2. The first-order valence-corrected chi connectivity index (χ1v) is 7.76. The van der Waals surface area contributed by atoms with E-state index in [-0.39, 0.29) is 5.25 Å². The van der Waals surface area contributed by atoms with Crippen molar-refractivity contribution in [3.8, 4) is 0 Å². The number of benzene rings is 1. The maximum Gasteiger partial charge on any atom is 0.137 e. The normalized spacial score (nSPS) is 14.2. The van der Waals surface area contributed by atoms with E-state index in [4.69, 9.17) is 5.73 Å². The molecule has 6 heteroatoms. The van der Waals surface area contributed by atoms with Crippen LogP contribution in [0.1, 0.15) is 13.3 Å². The molecular weight excluding hydrogens is 260 g/mol. The van der Waals surface area contributed by atoms with E-state index in [1.165, 1.54) is 6.33 Å². The quantitative estimate of drug-likeness (QED) is 0.815. The minimum absolute atomic E-state index is 0.177. The molecule has 0 amide bonds. The van der Waals surface area contributed by atoms with Crippen molar-refractivity contribution < 1.29 is 4.21 Å². The van der Waals surface area contributed by atoms with Crippen molar-refractivity contribution in [2.45, 2.75) is 18.6 Å². The van der Waals surface area contributed by atoms with E-state index in [1.807, 2.05) is 25.1 Å². The van der Waals surface area contributed by atoms with Crippen molar-refractivity contribution in [3.63, 3.8) is 0 Å². The zero-order chi connectivity index (χ0) is 13.8. The average molecular weight is 278 g/mol. The van der Waals surface area contributed by atoms with E-state index in [1.54, 1.807) is 6.26 Å². The Hall–Kier alpha value is -1.69. The smallest absolute Gasteiger partial charge is 0.137 e. The fourth-order valence-electron chi connectivity index (χ4n) is 1.77. The molecule has 0 bridgehead atoms. The van der Waals surface area contributed by atoms with Crippen LogP contribution >= 0.6 is 0 Å². The Morgan fingerprint density at radius 1 is 1.42 bits per heavy atom. The van der Waals surface area contributed by atoms with E-state index in [0.29, 0.717) is 5.69 Å². The molecule has 5 nitrogen and oxygen atoms in total. The van der Waals surface area contributed by atoms with Gasteiger partial charge in [0.05, 0.1) is 5.52 Å². The van der Waals surface area contributed by atoms with E-state index in [0.717, 1.165) is 29.7 Å². The van der Waals surface area contributed by atoms with Crippen LogP contribution in [0.15, 0.2) is 24.5 Å². The maximum atomic E-state index is 11.3. The molecule has 2 unspecified atom stereocenters. The van der Waals surface area contributed by atoms with Gasteiger partial charge in [-0.3, -0.25) is 4.21 Å². The predicted octanol–water partition coefficient (Wildman–Crippen LogP) is 1.78. The van der Waals surface area contributed by atoms with Crippen LogP contribution in [0.25, 0.3) is 10.9 Å². The van der Waals surface area contributed by atoms with Gasteiger partial charge >= 0.3 is 0 Å². The van der Waals surface area contributed by atoms with Gasteiger partial charge in [-0.05, 0) is 24.6 Å². The Kier molecular flexibility index (Phi) is 4.31. The molecule has 19 heavy (non-hydrogen) atoms. The number of anilines is 2. The van der Waals surface area contributed by atoms with Crippen LogP contribution in [0, 0.1) is 0 Å². The summed E-state index contributed by atoms with van der Waals surface area (Å²) in [6.45, 7) is 2.72. The molecule has 0 aliphatic carbocycles. The van der Waals surface area contributed by atoms with Crippen molar-refractivity contribution in [2.24, 2.45) is 0 Å². The Morgan fingerprint density at radius 2 is 2.21 bits per heavy atom. The van der Waals surface area contributed by atoms with Crippen LogP contribution in [0.4, 0.5) is 11.5 Å². The minimum atomic E-state index is -0.788. The molecule has 102 valence electrons. The summed E-state index contributed by atoms with van der Waals surface area (Å²) in [5.41, 5.74) is 7.24. The van der Waals surface area contributed by atoms with Gasteiger partial charge in [-0.2, -0.15) is 0 Å². The fourth-order valence-corrected chi connectivity index (χ4v) is 2.22. The Balaban J connectivity index is 2.11. The number of hydrogen-bond acceptors (Lipinski definition) is 5. The monoisotopic (exact) mass is 278 g/mol. The van der Waals surface area contributed by atoms with E-state index in [2.05, 4.69) is 15.3 Å². The lowest BCUT2D eigenvalue weighted by molar-refractivity contribution is 0.672. The van der Waals surface area contributed by atoms with Gasteiger partial charge in [0.15, 0.2) is 0 Å². The third-order valence-electron chi connectivity index (χ3n) is 3.07. The summed E-state index contributed by atoms with van der Waals surface area (Å²) >= 11 is 0. The van der Waals surface area contributed by atoms with Gasteiger partial charge in [-0.15, -0.1) is 0 Å². The number of hydrogen-bond donors (Lipinski definition) is 2. The van der Waals surface area contributed by atoms with Gasteiger partial charge in [0.2, 0.25) is 0 Å². The Bertz CT molecular complexity index is 602. The molecule has 0 aliphatic heterocycles. The molecule has 1 heterocycles. The van der Waals surface area contributed by atoms with Crippen LogP contribution in [0.5, 0.6) is 0 Å². The summed E-state index contributed by atoms with van der Waals surface area (Å²) in [6.07, 6.45) is 4.09. The lowest BCUT2D eigenvalue weighted by atomic mass is 10.2. The number of fused-ring (bicyclic) bond motifs is 1. The lowest BCUT2D eigenvalue weighted by Crippen LogP contribution is -2.15. The second kappa shape index (κ2) is 5.97. The van der Waals surface area contributed by atoms with Crippen LogP contribution in [-0.2, 0) is 10.8 Å². The van der Waals surface area contributed by atoms with Crippen LogP contribution in [0.2, 0.25) is 0 Å². The summed E-state index contributed by atoms with van der Waals surface area (Å²) in [7, 11) is -0.788. The van der Waals surface area contributed by atoms with Crippen LogP contribution < -0.4 is 11.1 Å². The number of nitrogens with two attached hydrogens (primary N) is 1. The second-order valence-corrected chi connectivity index (χ2v) is 6.33. The highest BCUT2D eigenvalue weighted by Gasteiger charge is 2.07. The molecule has 2 rings (SSSR count). The molecule has 2 aromatic rings. The third kappa shape index (κ3) is 3.41. The number of rotatable bonds is 5. The molecule has 0 saturated carbocycles. The van der Waals surface area contributed by atoms with E-state index < -0.39 is 10.8 Å². The third-order valence-corrected chi connectivity index (χ3v) is 4.44. The van der Waals surface area contributed by atoms with Crippen LogP contribution in [0.3, 0.4) is 0 Å². The Morgan fingerprint density at radius 3 is 2.95 bits per heavy atom. The highest BCUT2D eigenvalue weighted by molar-refractivity contribution is 7.84. The number of nitrogens with one attached hydrogen (secondary N) is 1. The molecule has 1 aromatic carbocycles. The highest BCUT2D eigenvalue weighted by Crippen LogP contribution is 2.21. The summed E-state index contributed by atoms with van der Waals surface area (Å²) in [4.78, 5) is 8.43. The summed E-state index contributed by atoms with van der Waals surface area (Å²) in [6, 6.07) is 5.57. The highest BCUT2D eigenvalue weighted by atomic mass is 32.2. The Labute approximate surface area is 115 Å². The van der Waals surface area contributed by atoms with Gasteiger partial charge in [-0.1, -0.05) is 6.92 Å². The van der Waals surface area contributed by atoms with Crippen LogP contribution in [-0.4, -0.2) is 32.2 Å². The van der Waals surface area contributed by atoms with E-state index >= 15 is 0 Å². The minimum Gasteiger partial charge on any atom is -0.399 e. The first-order chi connectivity index (χ1) is 9.08. The average Bonchev–Trinajstić information content (AvgIpc) is 2.38. The number of aromatic nitrogens is 2. The van der Waals surface area contributed by atoms with Crippen molar-refractivity contribution in [1.29, 1.82) is 0 Å². The first-order valence-electron chi connectivity index (χ1n) is 6.14. The van der Waals surface area contributed by atoms with Gasteiger partial charge in [0, 0.05) is 39.9 Å². The van der Waals surface area contributed by atoms with Gasteiger partial charge < -0.3 is 11.1 Å². The zero-order valence-electron chi connectivity index (χ0n) is 11.1. The summed E-state index contributed by atoms with van der Waals surface area (Å²) < 4.78 is 11.3. The first kappa shape index (κ1) is 13.7. The zero-order valence-corrected chi connectivity index (χ0v) is 11.9. The largest absolute Gasteiger partial charge is 0.399 e. The van der Waals surface area contributed by atoms with E-state index in [9.17, 15) is 4.21 Å². The van der Waals surface area contributed by atoms with Crippen molar-refractivity contribution in [2.75, 3.05) is 23.9 Å². The molecular formula is C13H18N4OS. The molecule has 3 N–H and O–H groups in total. The predicted molar refractivity (Wildman–Crippen MR) is 80.6 cm³/mol. The summed E-state index contributed by atoms with van der Waals surface area (Å²) in [5.74, 6) is 0.791. The van der Waals surface area contributed by atoms with Crippen molar-refractivity contribution >= 4 is 33.2 Å². The topological polar surface area (TPSA) is 80.9 Å². The molecule has 0 radical (unpaired) electrons. The SMILES string of the molecule is CC(CCNc1ncnc2cc(N)ccc12)S(C)=O. The van der Waals surface area contributed by atoms with Crippen molar-refractivity contribution in [3.05, 3.63) is 24.5 Å². The van der Waals surface area contributed by atoms with Gasteiger partial charge in [-0.25, -0.2) is 9.97 Å². The lowest BCUT2D eigenvalue weighted by Gasteiger charge is -2.11. The molecule has 0 aliphatic rings. The molecule has 0 fully saturated rings. The molecule has 2 atom stereocenters. The second-order valence-electron chi connectivity index (χ2n) is 4.52. The molecule has 0 saturated heterocycles. The number of nitrogen functional groups attached to an aromatic ring is 1. The standard InChI is InChI=1S/C13H18N4OS/c1-9(19(2)18)5-6-15-13-11-4-3-10(14)7-12(11)16-8-17-13/h3-4,7-9H,5-6,14H2,1-2H3,(H,15,16,17). The molecule has 0 spiro atoms. The van der Waals surface area contributed by atoms with Crippen molar-refractivity contribution in [1.82, 2.24) is 9.97 Å². The molecule has 1 aromatic heterocycles.